The number of phenols is 1. The van der Waals surface area contributed by atoms with Crippen LogP contribution in [0.1, 0.15) is 0 Å². The van der Waals surface area contributed by atoms with E-state index in [-0.39, 0.29) is 0 Å². The fourth-order valence-electron chi connectivity index (χ4n) is 1.03. The van der Waals surface area contributed by atoms with Crippen LogP contribution in [0.15, 0.2) is 18.2 Å². The SMILES string of the molecule is Oc1ccc2cc(I)sc2c1I. The highest BCUT2D eigenvalue weighted by molar-refractivity contribution is 14.1. The Morgan fingerprint density at radius 1 is 1.25 bits per heavy atom. The van der Waals surface area contributed by atoms with Crippen molar-refractivity contribution in [1.29, 1.82) is 0 Å². The molecular weight excluding hydrogens is 398 g/mol. The maximum Gasteiger partial charge on any atom is 0.130 e. The Balaban J connectivity index is 2.89. The molecule has 0 atom stereocenters. The fourth-order valence-corrected chi connectivity index (χ4v) is 3.66. The van der Waals surface area contributed by atoms with Crippen molar-refractivity contribution in [3.05, 3.63) is 24.7 Å². The van der Waals surface area contributed by atoms with Crippen LogP contribution in [0.4, 0.5) is 0 Å². The summed E-state index contributed by atoms with van der Waals surface area (Å²) in [6.07, 6.45) is 0. The maximum absolute atomic E-state index is 9.42. The summed E-state index contributed by atoms with van der Waals surface area (Å²) in [6, 6.07) is 5.82. The number of thiophene rings is 1. The van der Waals surface area contributed by atoms with Crippen molar-refractivity contribution in [2.75, 3.05) is 0 Å². The number of hydrogen-bond acceptors (Lipinski definition) is 2. The highest BCUT2D eigenvalue weighted by atomic mass is 127. The molecule has 2 aromatic rings. The minimum atomic E-state index is 0.376. The number of halogens is 2. The lowest BCUT2D eigenvalue weighted by atomic mass is 10.2. The monoisotopic (exact) mass is 402 g/mol. The Morgan fingerprint density at radius 2 is 2.00 bits per heavy atom. The van der Waals surface area contributed by atoms with E-state index in [9.17, 15) is 5.11 Å². The van der Waals surface area contributed by atoms with Crippen molar-refractivity contribution in [2.45, 2.75) is 0 Å². The average Bonchev–Trinajstić information content (AvgIpc) is 2.39. The van der Waals surface area contributed by atoms with E-state index < -0.39 is 0 Å². The molecule has 62 valence electrons. The molecule has 0 saturated heterocycles. The third-order valence-electron chi connectivity index (χ3n) is 1.58. The third-order valence-corrected chi connectivity index (χ3v) is 4.96. The summed E-state index contributed by atoms with van der Waals surface area (Å²) in [7, 11) is 0. The molecule has 0 amide bonds. The number of benzene rings is 1. The van der Waals surface area contributed by atoms with Gasteiger partial charge in [-0.2, -0.15) is 0 Å². The van der Waals surface area contributed by atoms with Gasteiger partial charge in [-0.05, 0) is 68.8 Å². The van der Waals surface area contributed by atoms with Gasteiger partial charge in [-0.1, -0.05) is 0 Å². The molecule has 0 fully saturated rings. The number of hydrogen-bond donors (Lipinski definition) is 1. The molecule has 2 rings (SSSR count). The quantitative estimate of drug-likeness (QED) is 0.665. The van der Waals surface area contributed by atoms with Crippen LogP contribution in [0.25, 0.3) is 10.1 Å². The summed E-state index contributed by atoms with van der Waals surface area (Å²) in [5.74, 6) is 0.376. The van der Waals surface area contributed by atoms with Crippen molar-refractivity contribution in [2.24, 2.45) is 0 Å². The van der Waals surface area contributed by atoms with Crippen LogP contribution in [0.3, 0.4) is 0 Å². The van der Waals surface area contributed by atoms with Gasteiger partial charge in [0.25, 0.3) is 0 Å². The first-order valence-corrected chi connectivity index (χ1v) is 6.22. The summed E-state index contributed by atoms with van der Waals surface area (Å²) < 4.78 is 3.39. The first-order valence-electron chi connectivity index (χ1n) is 3.25. The largest absolute Gasteiger partial charge is 0.507 e. The molecule has 1 nitrogen and oxygen atoms in total. The molecule has 0 unspecified atom stereocenters. The molecule has 1 heterocycles. The zero-order valence-electron chi connectivity index (χ0n) is 5.84. The van der Waals surface area contributed by atoms with E-state index in [0.717, 1.165) is 3.57 Å². The van der Waals surface area contributed by atoms with Crippen molar-refractivity contribution in [1.82, 2.24) is 0 Å². The van der Waals surface area contributed by atoms with Crippen LogP contribution in [0.2, 0.25) is 0 Å². The molecule has 0 radical (unpaired) electrons. The highest BCUT2D eigenvalue weighted by Crippen LogP contribution is 2.34. The molecule has 0 aliphatic heterocycles. The lowest BCUT2D eigenvalue weighted by molar-refractivity contribution is 0.472. The lowest BCUT2D eigenvalue weighted by Gasteiger charge is -1.96. The van der Waals surface area contributed by atoms with Crippen LogP contribution >= 0.6 is 56.5 Å². The van der Waals surface area contributed by atoms with Crippen molar-refractivity contribution >= 4 is 66.6 Å². The predicted octanol–water partition coefficient (Wildman–Crippen LogP) is 3.82. The van der Waals surface area contributed by atoms with Crippen molar-refractivity contribution in [3.63, 3.8) is 0 Å². The van der Waals surface area contributed by atoms with Crippen LogP contribution < -0.4 is 0 Å². The third kappa shape index (κ3) is 1.44. The molecule has 1 aromatic heterocycles. The van der Waals surface area contributed by atoms with E-state index in [4.69, 9.17) is 0 Å². The Hall–Kier alpha value is 0.440. The van der Waals surface area contributed by atoms with Crippen LogP contribution in [-0.2, 0) is 0 Å². The Bertz CT molecular complexity index is 436. The Morgan fingerprint density at radius 3 is 2.75 bits per heavy atom. The van der Waals surface area contributed by atoms with Crippen molar-refractivity contribution < 1.29 is 5.11 Å². The van der Waals surface area contributed by atoms with Gasteiger partial charge >= 0.3 is 0 Å². The average molecular weight is 402 g/mol. The van der Waals surface area contributed by atoms with Gasteiger partial charge in [-0.25, -0.2) is 0 Å². The molecule has 0 bridgehead atoms. The van der Waals surface area contributed by atoms with Gasteiger partial charge in [0, 0.05) is 0 Å². The van der Waals surface area contributed by atoms with E-state index in [0.29, 0.717) is 5.75 Å². The predicted molar refractivity (Wildman–Crippen MR) is 68.9 cm³/mol. The summed E-state index contributed by atoms with van der Waals surface area (Å²) >= 11 is 6.18. The van der Waals surface area contributed by atoms with Gasteiger partial charge in [0.15, 0.2) is 0 Å². The summed E-state index contributed by atoms with van der Waals surface area (Å²) in [6.45, 7) is 0. The second-order valence-electron chi connectivity index (χ2n) is 2.37. The van der Waals surface area contributed by atoms with E-state index in [2.05, 4.69) is 51.2 Å². The summed E-state index contributed by atoms with van der Waals surface area (Å²) in [5.41, 5.74) is 0. The molecule has 0 aliphatic rings. The van der Waals surface area contributed by atoms with Crippen LogP contribution in [0, 0.1) is 6.45 Å². The number of phenolic OH excluding ortho intramolecular Hbond substituents is 1. The zero-order chi connectivity index (χ0) is 8.72. The Labute approximate surface area is 101 Å². The Kier molecular flexibility index (Phi) is 2.48. The molecule has 1 aromatic carbocycles. The fraction of sp³-hybridized carbons (Fsp3) is 0. The first kappa shape index (κ1) is 9.01. The topological polar surface area (TPSA) is 20.2 Å². The lowest BCUT2D eigenvalue weighted by Crippen LogP contribution is -1.71. The van der Waals surface area contributed by atoms with Gasteiger partial charge in [0.2, 0.25) is 0 Å². The molecule has 12 heavy (non-hydrogen) atoms. The summed E-state index contributed by atoms with van der Waals surface area (Å²) in [4.78, 5) is 0. The normalized spacial score (nSPS) is 10.8. The minimum Gasteiger partial charge on any atom is -0.507 e. The second kappa shape index (κ2) is 3.30. The second-order valence-corrected chi connectivity index (χ2v) is 6.39. The first-order chi connectivity index (χ1) is 5.68. The molecule has 1 N–H and O–H groups in total. The van der Waals surface area contributed by atoms with Gasteiger partial charge < -0.3 is 5.11 Å². The van der Waals surface area contributed by atoms with Gasteiger partial charge in [0.1, 0.15) is 5.75 Å². The number of aromatic hydroxyl groups is 1. The highest BCUT2D eigenvalue weighted by Gasteiger charge is 2.06. The van der Waals surface area contributed by atoms with Crippen LogP contribution in [0.5, 0.6) is 5.75 Å². The molecular formula is C8H4I2OS. The van der Waals surface area contributed by atoms with Gasteiger partial charge in [-0.3, -0.25) is 0 Å². The molecule has 0 aliphatic carbocycles. The molecule has 0 spiro atoms. The number of fused-ring (bicyclic) bond motifs is 1. The summed E-state index contributed by atoms with van der Waals surface area (Å²) in [5, 5.41) is 10.6. The smallest absolute Gasteiger partial charge is 0.130 e. The number of rotatable bonds is 0. The van der Waals surface area contributed by atoms with Crippen LogP contribution in [-0.4, -0.2) is 5.11 Å². The van der Waals surface area contributed by atoms with E-state index in [1.165, 1.54) is 13.0 Å². The van der Waals surface area contributed by atoms with E-state index in [1.54, 1.807) is 17.4 Å². The van der Waals surface area contributed by atoms with Crippen molar-refractivity contribution in [3.8, 4) is 5.75 Å². The minimum absolute atomic E-state index is 0.376. The maximum atomic E-state index is 9.42. The zero-order valence-corrected chi connectivity index (χ0v) is 11.0. The standard InChI is InChI=1S/C8H4I2OS/c9-6-3-4-1-2-5(11)7(10)8(4)12-6/h1-3,11H. The van der Waals surface area contributed by atoms with E-state index in [1.807, 2.05) is 6.07 Å². The van der Waals surface area contributed by atoms with Gasteiger partial charge in [0.05, 0.1) is 11.2 Å². The van der Waals surface area contributed by atoms with Gasteiger partial charge in [-0.15, -0.1) is 11.3 Å². The molecule has 0 saturated carbocycles. The van der Waals surface area contributed by atoms with E-state index >= 15 is 0 Å². The molecule has 4 heteroatoms.